The first-order valence-corrected chi connectivity index (χ1v) is 5.30. The molecule has 1 aliphatic heterocycles. The van der Waals surface area contributed by atoms with Gasteiger partial charge in [-0.1, -0.05) is 0 Å². The minimum atomic E-state index is 0.707. The van der Waals surface area contributed by atoms with Crippen LogP contribution in [0.2, 0.25) is 0 Å². The van der Waals surface area contributed by atoms with Crippen LogP contribution in [-0.4, -0.2) is 24.5 Å². The molecule has 3 heteroatoms. The van der Waals surface area contributed by atoms with Gasteiger partial charge in [0.15, 0.2) is 5.88 Å². The molecule has 0 aromatic carbocycles. The molecule has 1 aromatic rings. The number of furan rings is 1. The van der Waals surface area contributed by atoms with Gasteiger partial charge in [0, 0.05) is 19.2 Å². The van der Waals surface area contributed by atoms with Crippen LogP contribution < -0.4 is 5.32 Å². The number of rotatable bonds is 3. The summed E-state index contributed by atoms with van der Waals surface area (Å²) in [6, 6.07) is 4.74. The summed E-state index contributed by atoms with van der Waals surface area (Å²) in [5.74, 6) is 1.91. The minimum Gasteiger partial charge on any atom is -0.444 e. The zero-order valence-electron chi connectivity index (χ0n) is 8.92. The van der Waals surface area contributed by atoms with Crippen LogP contribution in [0.4, 0.5) is 5.88 Å². The minimum absolute atomic E-state index is 0.707. The normalized spacial score (nSPS) is 22.9. The summed E-state index contributed by atoms with van der Waals surface area (Å²) in [7, 11) is 1.88. The van der Waals surface area contributed by atoms with Crippen LogP contribution in [0, 0.1) is 0 Å². The van der Waals surface area contributed by atoms with Crippen LogP contribution in [0.5, 0.6) is 0 Å². The van der Waals surface area contributed by atoms with E-state index in [1.54, 1.807) is 0 Å². The number of anilines is 1. The molecule has 0 bridgehead atoms. The van der Waals surface area contributed by atoms with Crippen LogP contribution in [0.1, 0.15) is 25.5 Å². The van der Waals surface area contributed by atoms with Gasteiger partial charge in [-0.25, -0.2) is 0 Å². The molecule has 0 radical (unpaired) electrons. The van der Waals surface area contributed by atoms with Crippen molar-refractivity contribution in [2.24, 2.45) is 0 Å². The molecule has 1 N–H and O–H groups in total. The van der Waals surface area contributed by atoms with E-state index in [0.29, 0.717) is 6.04 Å². The summed E-state index contributed by atoms with van der Waals surface area (Å²) in [6.45, 7) is 4.44. The van der Waals surface area contributed by atoms with Gasteiger partial charge >= 0.3 is 0 Å². The molecule has 0 aliphatic carbocycles. The molecule has 2 heterocycles. The maximum atomic E-state index is 5.59. The van der Waals surface area contributed by atoms with E-state index in [-0.39, 0.29) is 0 Å². The van der Waals surface area contributed by atoms with E-state index >= 15 is 0 Å². The molecule has 1 fully saturated rings. The smallest absolute Gasteiger partial charge is 0.192 e. The third kappa shape index (κ3) is 1.93. The van der Waals surface area contributed by atoms with Gasteiger partial charge in [-0.2, -0.15) is 0 Å². The van der Waals surface area contributed by atoms with Crippen LogP contribution in [0.25, 0.3) is 0 Å². The van der Waals surface area contributed by atoms with Gasteiger partial charge in [0.1, 0.15) is 5.76 Å². The van der Waals surface area contributed by atoms with E-state index in [2.05, 4.69) is 23.2 Å². The van der Waals surface area contributed by atoms with Gasteiger partial charge in [0.2, 0.25) is 0 Å². The van der Waals surface area contributed by atoms with E-state index in [1.165, 1.54) is 19.4 Å². The van der Waals surface area contributed by atoms with Crippen molar-refractivity contribution in [2.75, 3.05) is 18.9 Å². The maximum Gasteiger partial charge on any atom is 0.192 e. The quantitative estimate of drug-likeness (QED) is 0.800. The molecule has 1 unspecified atom stereocenters. The zero-order chi connectivity index (χ0) is 9.97. The van der Waals surface area contributed by atoms with Gasteiger partial charge in [0.25, 0.3) is 0 Å². The molecule has 1 aliphatic rings. The molecule has 14 heavy (non-hydrogen) atoms. The van der Waals surface area contributed by atoms with E-state index in [9.17, 15) is 0 Å². The Hall–Kier alpha value is -0.960. The SMILES string of the molecule is CNc1ccc(CN2CCCC2C)o1. The van der Waals surface area contributed by atoms with Crippen LogP contribution in [0.15, 0.2) is 16.5 Å². The Morgan fingerprint density at radius 1 is 1.57 bits per heavy atom. The molecule has 2 rings (SSSR count). The molecular formula is C11H18N2O. The lowest BCUT2D eigenvalue weighted by Crippen LogP contribution is -2.25. The molecule has 0 spiro atoms. The van der Waals surface area contributed by atoms with Gasteiger partial charge in [-0.15, -0.1) is 0 Å². The molecule has 0 saturated carbocycles. The second kappa shape index (κ2) is 4.05. The fourth-order valence-corrected chi connectivity index (χ4v) is 2.03. The number of hydrogen-bond acceptors (Lipinski definition) is 3. The van der Waals surface area contributed by atoms with Gasteiger partial charge in [-0.05, 0) is 32.4 Å². The standard InChI is InChI=1S/C11H18N2O/c1-9-4-3-7-13(9)8-10-5-6-11(12-2)14-10/h5-6,9,12H,3-4,7-8H2,1-2H3. The molecule has 3 nitrogen and oxygen atoms in total. The number of likely N-dealkylation sites (tertiary alicyclic amines) is 1. The number of hydrogen-bond donors (Lipinski definition) is 1. The van der Waals surface area contributed by atoms with E-state index < -0.39 is 0 Å². The highest BCUT2D eigenvalue weighted by Gasteiger charge is 2.20. The highest BCUT2D eigenvalue weighted by Crippen LogP contribution is 2.21. The summed E-state index contributed by atoms with van der Waals surface area (Å²) in [5.41, 5.74) is 0. The van der Waals surface area contributed by atoms with E-state index in [0.717, 1.165) is 18.2 Å². The third-order valence-electron chi connectivity index (χ3n) is 2.96. The fourth-order valence-electron chi connectivity index (χ4n) is 2.03. The maximum absolute atomic E-state index is 5.59. The fraction of sp³-hybridized carbons (Fsp3) is 0.636. The monoisotopic (exact) mass is 194 g/mol. The number of nitrogens with one attached hydrogen (secondary N) is 1. The van der Waals surface area contributed by atoms with Crippen molar-refractivity contribution in [3.05, 3.63) is 17.9 Å². The average Bonchev–Trinajstić information content (AvgIpc) is 2.77. The lowest BCUT2D eigenvalue weighted by atomic mass is 10.2. The van der Waals surface area contributed by atoms with Crippen molar-refractivity contribution in [1.29, 1.82) is 0 Å². The van der Waals surface area contributed by atoms with Crippen molar-refractivity contribution in [3.8, 4) is 0 Å². The Morgan fingerprint density at radius 3 is 3.00 bits per heavy atom. The summed E-state index contributed by atoms with van der Waals surface area (Å²) >= 11 is 0. The predicted molar refractivity (Wildman–Crippen MR) is 57.4 cm³/mol. The van der Waals surface area contributed by atoms with Crippen LogP contribution in [0.3, 0.4) is 0 Å². The second-order valence-corrected chi connectivity index (χ2v) is 3.98. The first-order valence-electron chi connectivity index (χ1n) is 5.30. The summed E-state index contributed by atoms with van der Waals surface area (Å²) in [5, 5.41) is 3.00. The summed E-state index contributed by atoms with van der Waals surface area (Å²) in [4.78, 5) is 2.47. The van der Waals surface area contributed by atoms with Crippen molar-refractivity contribution in [2.45, 2.75) is 32.4 Å². The highest BCUT2D eigenvalue weighted by molar-refractivity contribution is 5.30. The van der Waals surface area contributed by atoms with E-state index in [1.807, 2.05) is 13.1 Å². The molecule has 78 valence electrons. The number of nitrogens with zero attached hydrogens (tertiary/aromatic N) is 1. The molecule has 1 saturated heterocycles. The average molecular weight is 194 g/mol. The summed E-state index contributed by atoms with van der Waals surface area (Å²) < 4.78 is 5.59. The van der Waals surface area contributed by atoms with Gasteiger partial charge in [-0.3, -0.25) is 4.90 Å². The Kier molecular flexibility index (Phi) is 2.77. The third-order valence-corrected chi connectivity index (χ3v) is 2.96. The molecule has 0 amide bonds. The predicted octanol–water partition coefficient (Wildman–Crippen LogP) is 2.31. The lowest BCUT2D eigenvalue weighted by Gasteiger charge is -2.19. The van der Waals surface area contributed by atoms with Crippen molar-refractivity contribution in [3.63, 3.8) is 0 Å². The molecule has 1 atom stereocenters. The van der Waals surface area contributed by atoms with Crippen LogP contribution >= 0.6 is 0 Å². The Labute approximate surface area is 85.1 Å². The highest BCUT2D eigenvalue weighted by atomic mass is 16.4. The zero-order valence-corrected chi connectivity index (χ0v) is 8.92. The molecule has 1 aromatic heterocycles. The van der Waals surface area contributed by atoms with Crippen molar-refractivity contribution in [1.82, 2.24) is 4.90 Å². The van der Waals surface area contributed by atoms with Crippen molar-refractivity contribution >= 4 is 5.88 Å². The second-order valence-electron chi connectivity index (χ2n) is 3.98. The summed E-state index contributed by atoms with van der Waals surface area (Å²) in [6.07, 6.45) is 2.64. The van der Waals surface area contributed by atoms with Gasteiger partial charge in [0.05, 0.1) is 6.54 Å². The Bertz CT molecular complexity index is 295. The molecular weight excluding hydrogens is 176 g/mol. The van der Waals surface area contributed by atoms with Crippen molar-refractivity contribution < 1.29 is 4.42 Å². The first kappa shape index (κ1) is 9.59. The van der Waals surface area contributed by atoms with E-state index in [4.69, 9.17) is 4.42 Å². The van der Waals surface area contributed by atoms with Crippen LogP contribution in [-0.2, 0) is 6.54 Å². The topological polar surface area (TPSA) is 28.4 Å². The Balaban J connectivity index is 1.96. The first-order chi connectivity index (χ1) is 6.79. The van der Waals surface area contributed by atoms with Gasteiger partial charge < -0.3 is 9.73 Å². The lowest BCUT2D eigenvalue weighted by molar-refractivity contribution is 0.240. The largest absolute Gasteiger partial charge is 0.444 e. The Morgan fingerprint density at radius 2 is 2.43 bits per heavy atom.